The second kappa shape index (κ2) is 9.63. The molecule has 4 rings (SSSR count). The zero-order valence-corrected chi connectivity index (χ0v) is 18.2. The van der Waals surface area contributed by atoms with Crippen molar-refractivity contribution < 1.29 is 9.53 Å². The van der Waals surface area contributed by atoms with E-state index in [1.54, 1.807) is 0 Å². The molecule has 1 fully saturated rings. The number of hydrogen-bond acceptors (Lipinski definition) is 4. The predicted molar refractivity (Wildman–Crippen MR) is 120 cm³/mol. The van der Waals surface area contributed by atoms with Crippen LogP contribution in [-0.2, 0) is 24.2 Å². The molecule has 5 heteroatoms. The van der Waals surface area contributed by atoms with Gasteiger partial charge in [-0.05, 0) is 41.7 Å². The number of fused-ring (bicyclic) bond motifs is 1. The molecular weight excluding hydrogens is 374 g/mol. The SMILES string of the molecule is CCc1ccc([C@H](C)NC(=O)CN2CCN(Cc3ccc4c(c3)CCO4)CC2)cc1. The van der Waals surface area contributed by atoms with Gasteiger partial charge in [0.2, 0.25) is 5.91 Å². The van der Waals surface area contributed by atoms with Gasteiger partial charge in [-0.1, -0.05) is 43.3 Å². The van der Waals surface area contributed by atoms with Crippen LogP contribution in [0, 0.1) is 0 Å². The molecule has 0 unspecified atom stereocenters. The summed E-state index contributed by atoms with van der Waals surface area (Å²) in [7, 11) is 0. The van der Waals surface area contributed by atoms with Crippen LogP contribution in [0.15, 0.2) is 42.5 Å². The molecule has 2 heterocycles. The first kappa shape index (κ1) is 20.9. The Hall–Kier alpha value is -2.37. The van der Waals surface area contributed by atoms with Crippen molar-refractivity contribution in [2.45, 2.75) is 39.3 Å². The third kappa shape index (κ3) is 5.21. The Morgan fingerprint density at radius 1 is 1.03 bits per heavy atom. The summed E-state index contributed by atoms with van der Waals surface area (Å²) in [4.78, 5) is 17.3. The summed E-state index contributed by atoms with van der Waals surface area (Å²) in [6, 6.07) is 15.1. The van der Waals surface area contributed by atoms with Gasteiger partial charge in [0.15, 0.2) is 0 Å². The molecule has 0 radical (unpaired) electrons. The molecule has 0 aromatic heterocycles. The Bertz CT molecular complexity index is 857. The maximum Gasteiger partial charge on any atom is 0.234 e. The second-order valence-corrected chi connectivity index (χ2v) is 8.48. The summed E-state index contributed by atoms with van der Waals surface area (Å²) in [5.74, 6) is 1.15. The summed E-state index contributed by atoms with van der Waals surface area (Å²) in [6.45, 7) is 10.3. The lowest BCUT2D eigenvalue weighted by Crippen LogP contribution is -2.49. The number of amides is 1. The molecule has 2 aromatic rings. The van der Waals surface area contributed by atoms with Crippen molar-refractivity contribution in [1.82, 2.24) is 15.1 Å². The number of rotatable bonds is 7. The number of carbonyl (C=O) groups excluding carboxylic acids is 1. The van der Waals surface area contributed by atoms with Crippen molar-refractivity contribution in [3.8, 4) is 5.75 Å². The lowest BCUT2D eigenvalue weighted by Gasteiger charge is -2.34. The molecule has 0 saturated carbocycles. The minimum atomic E-state index is 0.0356. The van der Waals surface area contributed by atoms with Crippen LogP contribution in [0.4, 0.5) is 0 Å². The second-order valence-electron chi connectivity index (χ2n) is 8.48. The van der Waals surface area contributed by atoms with Crippen LogP contribution in [0.25, 0.3) is 0 Å². The van der Waals surface area contributed by atoms with Gasteiger partial charge in [0.25, 0.3) is 0 Å². The lowest BCUT2D eigenvalue weighted by atomic mass is 10.0. The van der Waals surface area contributed by atoms with Gasteiger partial charge >= 0.3 is 0 Å². The van der Waals surface area contributed by atoms with Gasteiger partial charge < -0.3 is 10.1 Å². The van der Waals surface area contributed by atoms with E-state index in [4.69, 9.17) is 4.74 Å². The zero-order valence-electron chi connectivity index (χ0n) is 18.2. The number of piperazine rings is 1. The molecule has 1 N–H and O–H groups in total. The normalized spacial score (nSPS) is 17.9. The molecule has 1 amide bonds. The van der Waals surface area contributed by atoms with Crippen molar-refractivity contribution in [1.29, 1.82) is 0 Å². The van der Waals surface area contributed by atoms with Gasteiger partial charge in [0.1, 0.15) is 5.75 Å². The Kier molecular flexibility index (Phi) is 6.70. The predicted octanol–water partition coefficient (Wildman–Crippen LogP) is 3.18. The molecule has 160 valence electrons. The van der Waals surface area contributed by atoms with Crippen LogP contribution in [0.1, 0.15) is 42.1 Å². The number of carbonyl (C=O) groups is 1. The highest BCUT2D eigenvalue weighted by Crippen LogP contribution is 2.26. The van der Waals surface area contributed by atoms with Crippen LogP contribution in [0.3, 0.4) is 0 Å². The summed E-state index contributed by atoms with van der Waals surface area (Å²) >= 11 is 0. The Morgan fingerprint density at radius 2 is 1.73 bits per heavy atom. The zero-order chi connectivity index (χ0) is 20.9. The van der Waals surface area contributed by atoms with Gasteiger partial charge in [0.05, 0.1) is 19.2 Å². The monoisotopic (exact) mass is 407 g/mol. The first-order valence-corrected chi connectivity index (χ1v) is 11.2. The van der Waals surface area contributed by atoms with Gasteiger partial charge in [-0.3, -0.25) is 14.6 Å². The molecule has 2 aliphatic rings. The molecule has 2 aromatic carbocycles. The summed E-state index contributed by atoms with van der Waals surface area (Å²) in [5, 5.41) is 3.15. The van der Waals surface area contributed by atoms with E-state index >= 15 is 0 Å². The quantitative estimate of drug-likeness (QED) is 0.766. The number of nitrogens with one attached hydrogen (secondary N) is 1. The van der Waals surface area contributed by atoms with Crippen molar-refractivity contribution >= 4 is 5.91 Å². The van der Waals surface area contributed by atoms with E-state index in [1.807, 2.05) is 0 Å². The maximum atomic E-state index is 12.5. The Balaban J connectivity index is 1.20. The van der Waals surface area contributed by atoms with Crippen LogP contribution >= 0.6 is 0 Å². The molecule has 1 saturated heterocycles. The number of ether oxygens (including phenoxy) is 1. The fourth-order valence-corrected chi connectivity index (χ4v) is 4.32. The first-order valence-electron chi connectivity index (χ1n) is 11.2. The minimum Gasteiger partial charge on any atom is -0.493 e. The molecular formula is C25H33N3O2. The molecule has 0 spiro atoms. The number of benzene rings is 2. The van der Waals surface area contributed by atoms with E-state index in [0.717, 1.165) is 63.5 Å². The maximum absolute atomic E-state index is 12.5. The Labute approximate surface area is 180 Å². The van der Waals surface area contributed by atoms with Crippen LogP contribution in [0.2, 0.25) is 0 Å². The molecule has 1 atom stereocenters. The fraction of sp³-hybridized carbons (Fsp3) is 0.480. The van der Waals surface area contributed by atoms with E-state index in [0.29, 0.717) is 6.54 Å². The lowest BCUT2D eigenvalue weighted by molar-refractivity contribution is -0.123. The van der Waals surface area contributed by atoms with E-state index in [-0.39, 0.29) is 11.9 Å². The van der Waals surface area contributed by atoms with Crippen molar-refractivity contribution in [2.24, 2.45) is 0 Å². The molecule has 2 aliphatic heterocycles. The number of nitrogens with zero attached hydrogens (tertiary/aromatic N) is 2. The smallest absolute Gasteiger partial charge is 0.234 e. The van der Waals surface area contributed by atoms with Crippen molar-refractivity contribution in [3.05, 3.63) is 64.7 Å². The van der Waals surface area contributed by atoms with E-state index < -0.39 is 0 Å². The van der Waals surface area contributed by atoms with Crippen LogP contribution in [0.5, 0.6) is 5.75 Å². The van der Waals surface area contributed by atoms with Crippen LogP contribution < -0.4 is 10.1 Å². The van der Waals surface area contributed by atoms with Gasteiger partial charge in [-0.2, -0.15) is 0 Å². The van der Waals surface area contributed by atoms with Crippen molar-refractivity contribution in [2.75, 3.05) is 39.3 Å². The first-order chi connectivity index (χ1) is 14.6. The third-order valence-electron chi connectivity index (χ3n) is 6.26. The third-order valence-corrected chi connectivity index (χ3v) is 6.26. The average molecular weight is 408 g/mol. The fourth-order valence-electron chi connectivity index (χ4n) is 4.32. The van der Waals surface area contributed by atoms with Crippen molar-refractivity contribution in [3.63, 3.8) is 0 Å². The summed E-state index contributed by atoms with van der Waals surface area (Å²) < 4.78 is 5.60. The van der Waals surface area contributed by atoms with Gasteiger partial charge in [0, 0.05) is 39.1 Å². The molecule has 0 aliphatic carbocycles. The highest BCUT2D eigenvalue weighted by atomic mass is 16.5. The molecule has 0 bridgehead atoms. The standard InChI is InChI=1S/C25H33N3O2/c1-3-20-4-7-22(8-5-20)19(2)26-25(29)18-28-13-11-27(12-14-28)17-21-6-9-24-23(16-21)10-15-30-24/h4-9,16,19H,3,10-15,17-18H2,1-2H3,(H,26,29)/t19-/m0/s1. The van der Waals surface area contributed by atoms with E-state index in [1.165, 1.54) is 16.7 Å². The minimum absolute atomic E-state index is 0.0356. The van der Waals surface area contributed by atoms with Gasteiger partial charge in [-0.15, -0.1) is 0 Å². The summed E-state index contributed by atoms with van der Waals surface area (Å²) in [5.41, 5.74) is 5.17. The van der Waals surface area contributed by atoms with E-state index in [9.17, 15) is 4.79 Å². The summed E-state index contributed by atoms with van der Waals surface area (Å²) in [6.07, 6.45) is 2.06. The van der Waals surface area contributed by atoms with Gasteiger partial charge in [-0.25, -0.2) is 0 Å². The highest BCUT2D eigenvalue weighted by Gasteiger charge is 2.21. The number of hydrogen-bond donors (Lipinski definition) is 1. The number of aryl methyl sites for hydroxylation is 1. The molecule has 5 nitrogen and oxygen atoms in total. The average Bonchev–Trinajstić information content (AvgIpc) is 3.23. The largest absolute Gasteiger partial charge is 0.493 e. The molecule has 30 heavy (non-hydrogen) atoms. The van der Waals surface area contributed by atoms with Crippen LogP contribution in [-0.4, -0.2) is 55.0 Å². The Morgan fingerprint density at radius 3 is 2.47 bits per heavy atom. The topological polar surface area (TPSA) is 44.8 Å². The van der Waals surface area contributed by atoms with E-state index in [2.05, 4.69) is 71.4 Å². The highest BCUT2D eigenvalue weighted by molar-refractivity contribution is 5.78.